The van der Waals surface area contributed by atoms with Crippen LogP contribution >= 0.6 is 0 Å². The Bertz CT molecular complexity index is 2860. The van der Waals surface area contributed by atoms with Crippen molar-refractivity contribution >= 4 is 65.2 Å². The Labute approximate surface area is 299 Å². The van der Waals surface area contributed by atoms with E-state index in [1.165, 1.54) is 0 Å². The van der Waals surface area contributed by atoms with E-state index in [9.17, 15) is 0 Å². The Morgan fingerprint density at radius 1 is 0.365 bits per heavy atom. The normalized spacial score (nSPS) is 11.7. The lowest BCUT2D eigenvalue weighted by Gasteiger charge is -2.18. The molecular formula is C46H30N4O2. The molecule has 0 saturated heterocycles. The highest BCUT2D eigenvalue weighted by Crippen LogP contribution is 2.46. The summed E-state index contributed by atoms with van der Waals surface area (Å²) in [4.78, 5) is 18.9. The number of hydrogen-bond donors (Lipinski definition) is 0. The predicted octanol–water partition coefficient (Wildman–Crippen LogP) is 11.2. The Kier molecular flexibility index (Phi) is 6.83. The molecule has 0 bridgehead atoms. The second-order valence-corrected chi connectivity index (χ2v) is 13.0. The van der Waals surface area contributed by atoms with Crippen LogP contribution in [0.15, 0.2) is 146 Å². The number of ether oxygens (including phenoxy) is 2. The molecule has 6 heteroatoms. The van der Waals surface area contributed by atoms with Crippen LogP contribution in [0.4, 0.5) is 0 Å². The van der Waals surface area contributed by atoms with Crippen molar-refractivity contribution in [3.05, 3.63) is 146 Å². The van der Waals surface area contributed by atoms with Crippen LogP contribution in [0.2, 0.25) is 0 Å². The Hall–Kier alpha value is -6.92. The fourth-order valence-electron chi connectivity index (χ4n) is 7.62. The SMILES string of the molecule is COc1ccc2cc(-c3cnc4c(ccc5cccnc54)c3)ccc2c1-c1c(OC)ccc2cc(-c3cnc4c(ccc5cccnc54)c3)ccc12. The van der Waals surface area contributed by atoms with Crippen LogP contribution in [-0.2, 0) is 0 Å². The minimum absolute atomic E-state index is 0.779. The summed E-state index contributed by atoms with van der Waals surface area (Å²) in [6.45, 7) is 0. The highest BCUT2D eigenvalue weighted by atomic mass is 16.5. The van der Waals surface area contributed by atoms with Gasteiger partial charge in [-0.3, -0.25) is 19.9 Å². The molecule has 0 saturated carbocycles. The van der Waals surface area contributed by atoms with E-state index in [4.69, 9.17) is 19.4 Å². The van der Waals surface area contributed by atoms with Crippen LogP contribution < -0.4 is 9.47 Å². The number of aromatic nitrogens is 4. The molecule has 10 aromatic rings. The molecule has 4 heterocycles. The van der Waals surface area contributed by atoms with Crippen LogP contribution in [0.25, 0.3) is 98.5 Å². The topological polar surface area (TPSA) is 70.0 Å². The van der Waals surface area contributed by atoms with E-state index in [0.29, 0.717) is 0 Å². The smallest absolute Gasteiger partial charge is 0.127 e. The number of pyridine rings is 4. The molecule has 0 aliphatic rings. The van der Waals surface area contributed by atoms with E-state index in [0.717, 1.165) is 110 Å². The van der Waals surface area contributed by atoms with Crippen molar-refractivity contribution in [3.8, 4) is 44.9 Å². The summed E-state index contributed by atoms with van der Waals surface area (Å²) in [6, 6.07) is 42.3. The van der Waals surface area contributed by atoms with Gasteiger partial charge in [0.15, 0.2) is 0 Å². The van der Waals surface area contributed by atoms with E-state index in [1.54, 1.807) is 14.2 Å². The van der Waals surface area contributed by atoms with Gasteiger partial charge >= 0.3 is 0 Å². The van der Waals surface area contributed by atoms with Crippen molar-refractivity contribution in [2.45, 2.75) is 0 Å². The van der Waals surface area contributed by atoms with Gasteiger partial charge in [0, 0.05) is 68.6 Å². The summed E-state index contributed by atoms with van der Waals surface area (Å²) < 4.78 is 12.1. The third-order valence-electron chi connectivity index (χ3n) is 10.2. The molecule has 0 spiro atoms. The highest BCUT2D eigenvalue weighted by Gasteiger charge is 2.20. The van der Waals surface area contributed by atoms with E-state index >= 15 is 0 Å². The third-order valence-corrected chi connectivity index (χ3v) is 10.2. The standard InChI is InChI=1S/C46H30N4O2/c1-51-39-17-13-31-21-29(35-23-33-9-7-27-5-3-19-47-43(27)45(33)49-25-35)11-15-37(31)41(39)42-38-16-12-30(22-32(38)14-18-40(42)52-2)36-24-34-10-8-28-6-4-20-48-44(28)46(34)50-26-36/h3-26H,1-2H3. The molecule has 0 amide bonds. The van der Waals surface area contributed by atoms with Crippen molar-refractivity contribution in [3.63, 3.8) is 0 Å². The fraction of sp³-hybridized carbons (Fsp3) is 0.0435. The monoisotopic (exact) mass is 670 g/mol. The van der Waals surface area contributed by atoms with Crippen LogP contribution in [0.1, 0.15) is 0 Å². The first-order valence-electron chi connectivity index (χ1n) is 17.2. The van der Waals surface area contributed by atoms with Gasteiger partial charge in [-0.15, -0.1) is 0 Å². The van der Waals surface area contributed by atoms with Gasteiger partial charge in [-0.1, -0.05) is 72.8 Å². The molecule has 6 nitrogen and oxygen atoms in total. The van der Waals surface area contributed by atoms with E-state index in [2.05, 4.69) is 107 Å². The molecule has 0 unspecified atom stereocenters. The summed E-state index contributed by atoms with van der Waals surface area (Å²) in [5, 5.41) is 8.61. The van der Waals surface area contributed by atoms with E-state index in [-0.39, 0.29) is 0 Å². The van der Waals surface area contributed by atoms with Crippen molar-refractivity contribution < 1.29 is 9.47 Å². The highest BCUT2D eigenvalue weighted by molar-refractivity contribution is 6.11. The number of fused-ring (bicyclic) bond motifs is 8. The first-order chi connectivity index (χ1) is 25.7. The van der Waals surface area contributed by atoms with Crippen molar-refractivity contribution in [1.29, 1.82) is 0 Å². The summed E-state index contributed by atoms with van der Waals surface area (Å²) in [5.74, 6) is 1.56. The van der Waals surface area contributed by atoms with Gasteiger partial charge in [0.2, 0.25) is 0 Å². The number of benzene rings is 6. The first kappa shape index (κ1) is 29.9. The summed E-state index contributed by atoms with van der Waals surface area (Å²) in [5.41, 5.74) is 9.88. The number of methoxy groups -OCH3 is 2. The Balaban J connectivity index is 1.10. The number of nitrogens with zero attached hydrogens (tertiary/aromatic N) is 4. The molecule has 0 atom stereocenters. The van der Waals surface area contributed by atoms with Crippen LogP contribution in [0.3, 0.4) is 0 Å². The molecule has 246 valence electrons. The number of hydrogen-bond acceptors (Lipinski definition) is 6. The lowest BCUT2D eigenvalue weighted by atomic mass is 9.90. The molecule has 6 aromatic carbocycles. The average molecular weight is 671 g/mol. The lowest BCUT2D eigenvalue weighted by molar-refractivity contribution is 0.411. The zero-order chi connectivity index (χ0) is 34.8. The molecule has 0 N–H and O–H groups in total. The molecule has 10 rings (SSSR count). The zero-order valence-electron chi connectivity index (χ0n) is 28.5. The largest absolute Gasteiger partial charge is 0.496 e. The number of rotatable bonds is 5. The van der Waals surface area contributed by atoms with Crippen molar-refractivity contribution in [2.24, 2.45) is 0 Å². The minimum Gasteiger partial charge on any atom is -0.496 e. The van der Waals surface area contributed by atoms with Gasteiger partial charge in [0.25, 0.3) is 0 Å². The van der Waals surface area contributed by atoms with E-state index in [1.807, 2.05) is 49.1 Å². The average Bonchev–Trinajstić information content (AvgIpc) is 3.21. The lowest BCUT2D eigenvalue weighted by Crippen LogP contribution is -1.95. The van der Waals surface area contributed by atoms with Gasteiger partial charge in [0.05, 0.1) is 36.3 Å². The van der Waals surface area contributed by atoms with Gasteiger partial charge < -0.3 is 9.47 Å². The molecule has 52 heavy (non-hydrogen) atoms. The maximum absolute atomic E-state index is 6.03. The van der Waals surface area contributed by atoms with Gasteiger partial charge in [-0.25, -0.2) is 0 Å². The Morgan fingerprint density at radius 2 is 0.769 bits per heavy atom. The van der Waals surface area contributed by atoms with Gasteiger partial charge in [0.1, 0.15) is 11.5 Å². The first-order valence-corrected chi connectivity index (χ1v) is 17.2. The quantitative estimate of drug-likeness (QED) is 0.170. The molecule has 0 radical (unpaired) electrons. The molecule has 0 fully saturated rings. The van der Waals surface area contributed by atoms with Crippen molar-refractivity contribution in [2.75, 3.05) is 14.2 Å². The predicted molar refractivity (Wildman–Crippen MR) is 212 cm³/mol. The summed E-state index contributed by atoms with van der Waals surface area (Å²) in [7, 11) is 3.44. The minimum atomic E-state index is 0.779. The summed E-state index contributed by atoms with van der Waals surface area (Å²) >= 11 is 0. The summed E-state index contributed by atoms with van der Waals surface area (Å²) in [6.07, 6.45) is 7.52. The second-order valence-electron chi connectivity index (χ2n) is 13.0. The molecule has 0 aliphatic heterocycles. The maximum atomic E-state index is 6.03. The fourth-order valence-corrected chi connectivity index (χ4v) is 7.62. The molecule has 4 aromatic heterocycles. The van der Waals surface area contributed by atoms with Crippen LogP contribution in [0, 0.1) is 0 Å². The van der Waals surface area contributed by atoms with Gasteiger partial charge in [-0.05, 0) is 81.2 Å². The maximum Gasteiger partial charge on any atom is 0.127 e. The second kappa shape index (κ2) is 11.9. The molecule has 0 aliphatic carbocycles. The zero-order valence-corrected chi connectivity index (χ0v) is 28.5. The van der Waals surface area contributed by atoms with Crippen LogP contribution in [-0.4, -0.2) is 34.2 Å². The Morgan fingerprint density at radius 3 is 1.23 bits per heavy atom. The van der Waals surface area contributed by atoms with E-state index < -0.39 is 0 Å². The van der Waals surface area contributed by atoms with Crippen LogP contribution in [0.5, 0.6) is 11.5 Å². The molecular weight excluding hydrogens is 641 g/mol. The van der Waals surface area contributed by atoms with Gasteiger partial charge in [-0.2, -0.15) is 0 Å². The third kappa shape index (κ3) is 4.72. The van der Waals surface area contributed by atoms with Crippen molar-refractivity contribution in [1.82, 2.24) is 19.9 Å².